The van der Waals surface area contributed by atoms with Crippen molar-refractivity contribution >= 4 is 13.7 Å². The Bertz CT molecular complexity index is 663. The van der Waals surface area contributed by atoms with E-state index in [1.54, 1.807) is 18.2 Å². The summed E-state index contributed by atoms with van der Waals surface area (Å²) in [7, 11) is -4.02. The number of rotatable bonds is 6. The van der Waals surface area contributed by atoms with Crippen LogP contribution in [0.3, 0.4) is 0 Å². The fourth-order valence-corrected chi connectivity index (χ4v) is 2.37. The minimum absolute atomic E-state index is 0. The van der Waals surface area contributed by atoms with Gasteiger partial charge in [0.2, 0.25) is 0 Å². The minimum atomic E-state index is -4.02. The molecule has 0 bridgehead atoms. The van der Waals surface area contributed by atoms with Crippen molar-refractivity contribution in [3.05, 3.63) is 60.4 Å². The van der Waals surface area contributed by atoms with E-state index in [0.717, 1.165) is 5.56 Å². The normalized spacial score (nSPS) is 12.4. The van der Waals surface area contributed by atoms with Crippen LogP contribution in [0.4, 0.5) is 4.79 Å². The molecular formula is C14H16N2NaO5P. The molecule has 1 unspecified atom stereocenters. The van der Waals surface area contributed by atoms with Gasteiger partial charge >= 0.3 is 43.2 Å². The second kappa shape index (κ2) is 9.70. The number of carbonyl (C=O) groups excluding carboxylic acids is 1. The minimum Gasteiger partial charge on any atom is -1.00 e. The van der Waals surface area contributed by atoms with Crippen LogP contribution in [0.15, 0.2) is 54.9 Å². The first-order chi connectivity index (χ1) is 10.6. The molecule has 0 aliphatic heterocycles. The molecule has 2 rings (SSSR count). The van der Waals surface area contributed by atoms with Gasteiger partial charge < -0.3 is 20.9 Å². The van der Waals surface area contributed by atoms with Gasteiger partial charge in [0.25, 0.3) is 0 Å². The maximum Gasteiger partial charge on any atom is 1.00 e. The Morgan fingerprint density at radius 2 is 2.00 bits per heavy atom. The van der Waals surface area contributed by atoms with E-state index < -0.39 is 20.0 Å². The average Bonchev–Trinajstić information content (AvgIpc) is 2.53. The van der Waals surface area contributed by atoms with Gasteiger partial charge in [-0.2, -0.15) is 0 Å². The third-order valence-electron chi connectivity index (χ3n) is 2.52. The Labute approximate surface area is 157 Å². The number of ether oxygens (including phenoxy) is 1. The maximum absolute atomic E-state index is 11.8. The smallest absolute Gasteiger partial charge is 1.00 e. The topological polar surface area (TPSA) is 97.8 Å². The van der Waals surface area contributed by atoms with Gasteiger partial charge in [-0.05, 0) is 17.7 Å². The number of alkyl carbamates (subject to hydrolysis) is 1. The van der Waals surface area contributed by atoms with Crippen LogP contribution in [0.25, 0.3) is 0 Å². The van der Waals surface area contributed by atoms with Crippen molar-refractivity contribution in [2.75, 3.05) is 6.29 Å². The number of hydrogen-bond donors (Lipinski definition) is 2. The second-order valence-corrected chi connectivity index (χ2v) is 6.09. The van der Waals surface area contributed by atoms with Crippen molar-refractivity contribution in [3.63, 3.8) is 0 Å². The number of nitrogens with one attached hydrogen (secondary N) is 1. The number of carbonyl (C=O) groups is 1. The van der Waals surface area contributed by atoms with Crippen LogP contribution >= 0.6 is 7.60 Å². The van der Waals surface area contributed by atoms with Crippen LogP contribution in [0.2, 0.25) is 0 Å². The zero-order valence-electron chi connectivity index (χ0n) is 13.6. The number of nitrogens with zero attached hydrogens (tertiary/aromatic N) is 1. The Hall–Kier alpha value is -1.37. The van der Waals surface area contributed by atoms with Gasteiger partial charge in [0.05, 0.1) is 6.20 Å². The molecule has 0 saturated heterocycles. The predicted octanol–water partition coefficient (Wildman–Crippen LogP) is -0.354. The van der Waals surface area contributed by atoms with Gasteiger partial charge in [0.15, 0.2) is 0 Å². The first kappa shape index (κ1) is 19.7. The first-order valence-corrected chi connectivity index (χ1v) is 8.17. The molecule has 2 N–H and O–H groups in total. The second-order valence-electron chi connectivity index (χ2n) is 4.31. The number of aromatic nitrogens is 1. The molecule has 2 aromatic rings. The largest absolute Gasteiger partial charge is 1.00 e. The molecule has 0 spiro atoms. The molecule has 1 amide bonds. The van der Waals surface area contributed by atoms with Crippen molar-refractivity contribution in [1.82, 2.24) is 10.3 Å². The van der Waals surface area contributed by atoms with E-state index in [1.165, 1.54) is 18.5 Å². The van der Waals surface area contributed by atoms with Gasteiger partial charge in [-0.15, -0.1) is 0 Å². The molecule has 0 fully saturated rings. The fourth-order valence-electron chi connectivity index (χ4n) is 1.54. The molecule has 0 aliphatic rings. The predicted molar refractivity (Wildman–Crippen MR) is 80.4 cm³/mol. The van der Waals surface area contributed by atoms with Crippen molar-refractivity contribution in [2.45, 2.75) is 6.61 Å². The van der Waals surface area contributed by atoms with Gasteiger partial charge in [-0.25, -0.2) is 9.36 Å². The van der Waals surface area contributed by atoms with Gasteiger partial charge in [-0.1, -0.05) is 30.3 Å². The van der Waals surface area contributed by atoms with Crippen molar-refractivity contribution in [3.8, 4) is 5.75 Å². The summed E-state index contributed by atoms with van der Waals surface area (Å²) in [6.07, 6.45) is 1.45. The van der Waals surface area contributed by atoms with Crippen LogP contribution in [0.1, 0.15) is 6.99 Å². The van der Waals surface area contributed by atoms with Gasteiger partial charge in [0.1, 0.15) is 18.6 Å². The average molecular weight is 346 g/mol. The van der Waals surface area contributed by atoms with E-state index in [1.807, 2.05) is 18.2 Å². The Balaban J connectivity index is 0.00000264. The van der Waals surface area contributed by atoms with Crippen molar-refractivity contribution in [1.29, 1.82) is 0 Å². The number of benzene rings is 1. The summed E-state index contributed by atoms with van der Waals surface area (Å²) in [6, 6.07) is 12.1. The summed E-state index contributed by atoms with van der Waals surface area (Å²) < 4.78 is 21.6. The molecule has 1 atom stereocenters. The molecule has 0 aliphatic carbocycles. The Kier molecular flexibility index (Phi) is 8.30. The third-order valence-corrected chi connectivity index (χ3v) is 3.57. The van der Waals surface area contributed by atoms with Crippen LogP contribution in [0.5, 0.6) is 5.75 Å². The standard InChI is InChI=1S/C14H15N2O5P.Na.H/c17-14(20-10-12-5-2-1-3-6-12)16-11-22(18,19)21-13-7-4-8-15-9-13;;/h1-9H,10-11H2,(H,16,17)(H,18,19);;/q;+1;-1. The zero-order chi connectivity index (χ0) is 15.8. The number of amides is 1. The number of pyridine rings is 1. The Morgan fingerprint density at radius 3 is 2.65 bits per heavy atom. The van der Waals surface area contributed by atoms with Crippen LogP contribution in [-0.2, 0) is 15.9 Å². The SMILES string of the molecule is O=C(NCP(=O)(O)Oc1cccnc1)OCc1ccccc1.[H-].[Na+]. The van der Waals surface area contributed by atoms with E-state index in [4.69, 9.17) is 9.26 Å². The molecule has 1 aromatic carbocycles. The van der Waals surface area contributed by atoms with Crippen LogP contribution < -0.4 is 39.4 Å². The molecule has 118 valence electrons. The van der Waals surface area contributed by atoms with E-state index in [2.05, 4.69) is 10.3 Å². The summed E-state index contributed by atoms with van der Waals surface area (Å²) in [5, 5.41) is 2.19. The quantitative estimate of drug-likeness (QED) is 0.548. The fraction of sp³-hybridized carbons (Fsp3) is 0.143. The van der Waals surface area contributed by atoms with Gasteiger partial charge in [0, 0.05) is 6.20 Å². The monoisotopic (exact) mass is 346 g/mol. The molecule has 0 radical (unpaired) electrons. The summed E-state index contributed by atoms with van der Waals surface area (Å²) >= 11 is 0. The molecule has 7 nitrogen and oxygen atoms in total. The zero-order valence-corrected chi connectivity index (χ0v) is 15.5. The van der Waals surface area contributed by atoms with Crippen LogP contribution in [-0.4, -0.2) is 22.3 Å². The van der Waals surface area contributed by atoms with Crippen molar-refractivity contribution in [2.24, 2.45) is 0 Å². The molecule has 1 aromatic heterocycles. The number of hydrogen-bond acceptors (Lipinski definition) is 5. The maximum atomic E-state index is 11.8. The summed E-state index contributed by atoms with van der Waals surface area (Å²) in [4.78, 5) is 24.9. The van der Waals surface area contributed by atoms with Crippen LogP contribution in [0, 0.1) is 0 Å². The summed E-state index contributed by atoms with van der Waals surface area (Å²) in [5.41, 5.74) is 0.816. The molecule has 9 heteroatoms. The Morgan fingerprint density at radius 1 is 1.26 bits per heavy atom. The van der Waals surface area contributed by atoms with E-state index in [0.29, 0.717) is 0 Å². The van der Waals surface area contributed by atoms with E-state index >= 15 is 0 Å². The van der Waals surface area contributed by atoms with E-state index in [9.17, 15) is 14.3 Å². The first-order valence-electron chi connectivity index (χ1n) is 6.41. The molecule has 0 saturated carbocycles. The summed E-state index contributed by atoms with van der Waals surface area (Å²) in [6.45, 7) is 0.0753. The molecular weight excluding hydrogens is 330 g/mol. The summed E-state index contributed by atoms with van der Waals surface area (Å²) in [5.74, 6) is 0.146. The third kappa shape index (κ3) is 7.63. The molecule has 1 heterocycles. The van der Waals surface area contributed by atoms with Crippen molar-refractivity contribution < 1.29 is 54.5 Å². The molecule has 23 heavy (non-hydrogen) atoms. The van der Waals surface area contributed by atoms with E-state index in [-0.39, 0.29) is 43.3 Å². The van der Waals surface area contributed by atoms with Gasteiger partial charge in [-0.3, -0.25) is 4.98 Å².